The van der Waals surface area contributed by atoms with Gasteiger partial charge < -0.3 is 4.57 Å². The van der Waals surface area contributed by atoms with Crippen LogP contribution >= 0.6 is 0 Å². The van der Waals surface area contributed by atoms with Crippen LogP contribution in [-0.2, 0) is 19.3 Å². The molecule has 0 N–H and O–H groups in total. The van der Waals surface area contributed by atoms with Gasteiger partial charge in [0.05, 0.1) is 12.5 Å². The molecule has 1 aliphatic carbocycles. The average molecular weight is 230 g/mol. The molecule has 0 bridgehead atoms. The van der Waals surface area contributed by atoms with Crippen LogP contribution in [0.15, 0.2) is 10.9 Å². The number of fused-ring (bicyclic) bond motifs is 1. The molecule has 0 saturated heterocycles. The van der Waals surface area contributed by atoms with Gasteiger partial charge in [-0.1, -0.05) is 0 Å². The Morgan fingerprint density at radius 3 is 2.76 bits per heavy atom. The molecule has 1 aromatic heterocycles. The highest BCUT2D eigenvalue weighted by atomic mass is 16.1. The molecule has 0 radical (unpaired) electrons. The Labute approximate surface area is 102 Å². The molecule has 1 heterocycles. The van der Waals surface area contributed by atoms with Crippen molar-refractivity contribution in [3.8, 4) is 6.07 Å². The summed E-state index contributed by atoms with van der Waals surface area (Å²) in [6, 6.07) is 4.22. The third kappa shape index (κ3) is 2.12. The van der Waals surface area contributed by atoms with E-state index in [1.165, 1.54) is 17.7 Å². The van der Waals surface area contributed by atoms with Gasteiger partial charge in [0.1, 0.15) is 0 Å². The second kappa shape index (κ2) is 4.75. The molecule has 90 valence electrons. The molecule has 0 aromatic carbocycles. The number of nitriles is 1. The van der Waals surface area contributed by atoms with Gasteiger partial charge in [-0.15, -0.1) is 0 Å². The van der Waals surface area contributed by atoms with E-state index in [-0.39, 0.29) is 18.0 Å². The Hall–Kier alpha value is -1.56. The largest absolute Gasteiger partial charge is 0.310 e. The Morgan fingerprint density at radius 1 is 1.41 bits per heavy atom. The Morgan fingerprint density at radius 2 is 2.12 bits per heavy atom. The van der Waals surface area contributed by atoms with Gasteiger partial charge in [-0.3, -0.25) is 4.79 Å². The van der Waals surface area contributed by atoms with Crippen LogP contribution in [0.25, 0.3) is 0 Å². The molecule has 3 heteroatoms. The van der Waals surface area contributed by atoms with E-state index in [0.29, 0.717) is 5.56 Å². The van der Waals surface area contributed by atoms with E-state index < -0.39 is 0 Å². The molecule has 3 nitrogen and oxygen atoms in total. The van der Waals surface area contributed by atoms with Gasteiger partial charge in [0, 0.05) is 17.3 Å². The van der Waals surface area contributed by atoms with E-state index in [0.717, 1.165) is 19.3 Å². The van der Waals surface area contributed by atoms with E-state index in [4.69, 9.17) is 5.26 Å². The van der Waals surface area contributed by atoms with Crippen molar-refractivity contribution < 1.29 is 0 Å². The fourth-order valence-electron chi connectivity index (χ4n) is 2.65. The molecule has 0 atom stereocenters. The first-order chi connectivity index (χ1) is 8.15. The Kier molecular flexibility index (Phi) is 3.33. The third-order valence-electron chi connectivity index (χ3n) is 3.40. The second-order valence-corrected chi connectivity index (χ2v) is 4.95. The van der Waals surface area contributed by atoms with Crippen LogP contribution in [0, 0.1) is 11.3 Å². The van der Waals surface area contributed by atoms with E-state index in [1.54, 1.807) is 0 Å². The zero-order chi connectivity index (χ0) is 12.4. The summed E-state index contributed by atoms with van der Waals surface area (Å²) in [5, 5.41) is 8.78. The van der Waals surface area contributed by atoms with E-state index in [9.17, 15) is 4.79 Å². The zero-order valence-corrected chi connectivity index (χ0v) is 10.5. The molecule has 2 rings (SSSR count). The van der Waals surface area contributed by atoms with Crippen molar-refractivity contribution in [2.24, 2.45) is 0 Å². The molecular weight excluding hydrogens is 212 g/mol. The first kappa shape index (κ1) is 11.9. The second-order valence-electron chi connectivity index (χ2n) is 4.95. The quantitative estimate of drug-likeness (QED) is 0.783. The van der Waals surface area contributed by atoms with Gasteiger partial charge in [0.25, 0.3) is 5.56 Å². The molecule has 0 spiro atoms. The number of hydrogen-bond acceptors (Lipinski definition) is 2. The summed E-state index contributed by atoms with van der Waals surface area (Å²) in [5.74, 6) is 0. The maximum atomic E-state index is 12.3. The maximum absolute atomic E-state index is 12.3. The predicted molar refractivity (Wildman–Crippen MR) is 67.0 cm³/mol. The van der Waals surface area contributed by atoms with Gasteiger partial charge in [0.2, 0.25) is 0 Å². The Balaban J connectivity index is 2.65. The van der Waals surface area contributed by atoms with Crippen LogP contribution in [0.4, 0.5) is 0 Å². The van der Waals surface area contributed by atoms with Crippen LogP contribution in [-0.4, -0.2) is 4.57 Å². The first-order valence-electron chi connectivity index (χ1n) is 6.28. The fraction of sp³-hybridized carbons (Fsp3) is 0.571. The van der Waals surface area contributed by atoms with Crippen LogP contribution in [0.2, 0.25) is 0 Å². The minimum absolute atomic E-state index is 0.0298. The molecule has 1 aromatic rings. The summed E-state index contributed by atoms with van der Waals surface area (Å²) in [6.45, 7) is 4.07. The van der Waals surface area contributed by atoms with Gasteiger partial charge in [-0.05, 0) is 51.2 Å². The van der Waals surface area contributed by atoms with E-state index in [2.05, 4.69) is 6.07 Å². The lowest BCUT2D eigenvalue weighted by Gasteiger charge is -2.24. The van der Waals surface area contributed by atoms with Gasteiger partial charge in [-0.25, -0.2) is 0 Å². The summed E-state index contributed by atoms with van der Waals surface area (Å²) in [4.78, 5) is 12.3. The monoisotopic (exact) mass is 230 g/mol. The SMILES string of the molecule is CC(C)n1c2c(cc(CC#N)c1=O)CCCC2. The summed E-state index contributed by atoms with van der Waals surface area (Å²) in [5.41, 5.74) is 3.15. The average Bonchev–Trinajstić information content (AvgIpc) is 2.30. The van der Waals surface area contributed by atoms with Crippen molar-refractivity contribution in [1.29, 1.82) is 5.26 Å². The summed E-state index contributed by atoms with van der Waals surface area (Å²) < 4.78 is 1.89. The van der Waals surface area contributed by atoms with Crippen molar-refractivity contribution in [2.45, 2.75) is 52.0 Å². The number of rotatable bonds is 2. The lowest BCUT2D eigenvalue weighted by Crippen LogP contribution is -2.30. The number of hydrogen-bond donors (Lipinski definition) is 0. The molecule has 0 aliphatic heterocycles. The summed E-state index contributed by atoms with van der Waals surface area (Å²) in [6.07, 6.45) is 4.61. The highest BCUT2D eigenvalue weighted by Gasteiger charge is 2.18. The van der Waals surface area contributed by atoms with Gasteiger partial charge >= 0.3 is 0 Å². The molecule has 1 aliphatic rings. The normalized spacial score (nSPS) is 14.5. The summed E-state index contributed by atoms with van der Waals surface area (Å²) >= 11 is 0. The number of aromatic nitrogens is 1. The lowest BCUT2D eigenvalue weighted by atomic mass is 9.93. The van der Waals surface area contributed by atoms with Crippen molar-refractivity contribution in [3.05, 3.63) is 33.2 Å². The van der Waals surface area contributed by atoms with Crippen LogP contribution in [0.1, 0.15) is 49.6 Å². The first-order valence-corrected chi connectivity index (χ1v) is 6.28. The molecule has 0 saturated carbocycles. The predicted octanol–water partition coefficient (Wildman–Crippen LogP) is 2.37. The standard InChI is InChI=1S/C14H18N2O/c1-10(2)16-13-6-4-3-5-11(13)9-12(7-8-15)14(16)17/h9-10H,3-7H2,1-2H3. The van der Waals surface area contributed by atoms with Crippen molar-refractivity contribution >= 4 is 0 Å². The molecule has 0 fully saturated rings. The van der Waals surface area contributed by atoms with E-state index in [1.807, 2.05) is 24.5 Å². The Bertz CT molecular complexity index is 520. The minimum Gasteiger partial charge on any atom is -0.310 e. The molecule has 17 heavy (non-hydrogen) atoms. The molecule has 0 unspecified atom stereocenters. The fourth-order valence-corrected chi connectivity index (χ4v) is 2.65. The maximum Gasteiger partial charge on any atom is 0.255 e. The minimum atomic E-state index is 0.0298. The third-order valence-corrected chi connectivity index (χ3v) is 3.40. The summed E-state index contributed by atoms with van der Waals surface area (Å²) in [7, 11) is 0. The number of aryl methyl sites for hydroxylation is 1. The topological polar surface area (TPSA) is 45.8 Å². The van der Waals surface area contributed by atoms with Crippen molar-refractivity contribution in [2.75, 3.05) is 0 Å². The van der Waals surface area contributed by atoms with E-state index >= 15 is 0 Å². The van der Waals surface area contributed by atoms with Crippen LogP contribution < -0.4 is 5.56 Å². The highest BCUT2D eigenvalue weighted by molar-refractivity contribution is 5.30. The molecular formula is C14H18N2O. The van der Waals surface area contributed by atoms with Crippen LogP contribution in [0.5, 0.6) is 0 Å². The number of pyridine rings is 1. The van der Waals surface area contributed by atoms with Crippen molar-refractivity contribution in [1.82, 2.24) is 4.57 Å². The van der Waals surface area contributed by atoms with Crippen LogP contribution in [0.3, 0.4) is 0 Å². The number of nitrogens with zero attached hydrogens (tertiary/aromatic N) is 2. The van der Waals surface area contributed by atoms with Crippen molar-refractivity contribution in [3.63, 3.8) is 0 Å². The lowest BCUT2D eigenvalue weighted by molar-refractivity contribution is 0.515. The highest BCUT2D eigenvalue weighted by Crippen LogP contribution is 2.23. The molecule has 0 amide bonds. The zero-order valence-electron chi connectivity index (χ0n) is 10.5. The smallest absolute Gasteiger partial charge is 0.255 e. The van der Waals surface area contributed by atoms with Gasteiger partial charge in [0.15, 0.2) is 0 Å². The van der Waals surface area contributed by atoms with Gasteiger partial charge in [-0.2, -0.15) is 5.26 Å².